The summed E-state index contributed by atoms with van der Waals surface area (Å²) >= 11 is 0. The highest BCUT2D eigenvalue weighted by atomic mass is 31.2. The molecule has 1 aromatic rings. The molecule has 0 saturated carbocycles. The summed E-state index contributed by atoms with van der Waals surface area (Å²) in [5.74, 6) is 0. The fraction of sp³-hybridized carbons (Fsp3) is 0.500. The van der Waals surface area contributed by atoms with Crippen LogP contribution < -0.4 is 4.90 Å². The Morgan fingerprint density at radius 3 is 1.67 bits per heavy atom. The first-order chi connectivity index (χ1) is 10.1. The fourth-order valence-corrected chi connectivity index (χ4v) is 5.62. The molecule has 0 unspecified atom stereocenters. The van der Waals surface area contributed by atoms with Crippen LogP contribution in [0.4, 0.5) is 5.69 Å². The summed E-state index contributed by atoms with van der Waals surface area (Å²) in [6, 6.07) is 9.24. The molecule has 0 atom stereocenters. The predicted octanol–water partition coefficient (Wildman–Crippen LogP) is 2.89. The van der Waals surface area contributed by atoms with Crippen LogP contribution in [0.25, 0.3) is 0 Å². The van der Waals surface area contributed by atoms with Gasteiger partial charge in [0.15, 0.2) is 0 Å². The monoisotopic (exact) mass is 333 g/mol. The number of para-hydroxylation sites is 1. The van der Waals surface area contributed by atoms with Crippen molar-refractivity contribution in [2.75, 3.05) is 43.9 Å². The van der Waals surface area contributed by atoms with Gasteiger partial charge in [0, 0.05) is 5.69 Å². The van der Waals surface area contributed by atoms with Crippen molar-refractivity contribution < 1.29 is 27.2 Å². The maximum absolute atomic E-state index is 12.4. The van der Waals surface area contributed by atoms with E-state index in [1.54, 1.807) is 4.90 Å². The van der Waals surface area contributed by atoms with E-state index in [4.69, 9.17) is 18.1 Å². The summed E-state index contributed by atoms with van der Waals surface area (Å²) in [4.78, 5) is 1.68. The van der Waals surface area contributed by atoms with Gasteiger partial charge in [0.1, 0.15) is 12.6 Å². The summed E-state index contributed by atoms with van der Waals surface area (Å²) in [7, 11) is -6.37. The molecular formula is C12H17NO6P2. The molecule has 0 spiro atoms. The molecule has 0 aliphatic carbocycles. The highest BCUT2D eigenvalue weighted by Gasteiger charge is 2.38. The summed E-state index contributed by atoms with van der Waals surface area (Å²) in [5.41, 5.74) is 0.765. The van der Waals surface area contributed by atoms with E-state index in [1.165, 1.54) is 0 Å². The Morgan fingerprint density at radius 1 is 0.810 bits per heavy atom. The minimum Gasteiger partial charge on any atom is -0.348 e. The Balaban J connectivity index is 1.81. The van der Waals surface area contributed by atoms with Gasteiger partial charge in [-0.15, -0.1) is 0 Å². The maximum atomic E-state index is 12.4. The van der Waals surface area contributed by atoms with E-state index < -0.39 is 15.2 Å². The van der Waals surface area contributed by atoms with Crippen molar-refractivity contribution in [1.82, 2.24) is 0 Å². The summed E-state index contributed by atoms with van der Waals surface area (Å²) in [6.45, 7) is 1.24. The van der Waals surface area contributed by atoms with Gasteiger partial charge >= 0.3 is 15.2 Å². The average molecular weight is 333 g/mol. The van der Waals surface area contributed by atoms with Gasteiger partial charge < -0.3 is 23.0 Å². The van der Waals surface area contributed by atoms with E-state index in [-0.39, 0.29) is 12.6 Å². The molecule has 7 nitrogen and oxygen atoms in total. The number of nitrogens with zero attached hydrogens (tertiary/aromatic N) is 1. The van der Waals surface area contributed by atoms with E-state index in [1.807, 2.05) is 30.3 Å². The highest BCUT2D eigenvalue weighted by molar-refractivity contribution is 7.55. The zero-order chi connectivity index (χ0) is 14.8. The van der Waals surface area contributed by atoms with Crippen molar-refractivity contribution in [2.24, 2.45) is 0 Å². The first-order valence-corrected chi connectivity index (χ1v) is 10.1. The topological polar surface area (TPSA) is 74.3 Å². The second kappa shape index (κ2) is 6.21. The Bertz CT molecular complexity index is 528. The molecule has 116 valence electrons. The molecule has 9 heteroatoms. The lowest BCUT2D eigenvalue weighted by atomic mass is 10.3. The van der Waals surface area contributed by atoms with Gasteiger partial charge in [0.25, 0.3) is 0 Å². The number of hydrogen-bond donors (Lipinski definition) is 0. The normalized spacial score (nSPS) is 23.2. The Morgan fingerprint density at radius 2 is 1.24 bits per heavy atom. The molecule has 2 aliphatic rings. The molecular weight excluding hydrogens is 316 g/mol. The van der Waals surface area contributed by atoms with E-state index in [0.29, 0.717) is 26.4 Å². The van der Waals surface area contributed by atoms with Crippen LogP contribution in [0.2, 0.25) is 0 Å². The molecule has 0 N–H and O–H groups in total. The van der Waals surface area contributed by atoms with Crippen LogP contribution in [-0.4, -0.2) is 39.0 Å². The van der Waals surface area contributed by atoms with Crippen molar-refractivity contribution in [1.29, 1.82) is 0 Å². The van der Waals surface area contributed by atoms with Gasteiger partial charge in [0.2, 0.25) is 0 Å². The number of hydrogen-bond acceptors (Lipinski definition) is 7. The first kappa shape index (κ1) is 15.2. The molecule has 1 aromatic carbocycles. The van der Waals surface area contributed by atoms with E-state index in [0.717, 1.165) is 5.69 Å². The molecule has 0 amide bonds. The minimum atomic E-state index is -3.18. The third kappa shape index (κ3) is 3.75. The Hall–Kier alpha value is -0.680. The van der Waals surface area contributed by atoms with Gasteiger partial charge in [-0.05, 0) is 12.1 Å². The SMILES string of the molecule is O=P1(CN(CP2(=O)OCCO2)c2ccccc2)OCCO1. The number of rotatable bonds is 5. The highest BCUT2D eigenvalue weighted by Crippen LogP contribution is 2.56. The molecule has 2 heterocycles. The van der Waals surface area contributed by atoms with Crippen molar-refractivity contribution in [2.45, 2.75) is 0 Å². The van der Waals surface area contributed by atoms with Crippen LogP contribution in [0.15, 0.2) is 30.3 Å². The maximum Gasteiger partial charge on any atom is 0.349 e. The van der Waals surface area contributed by atoms with Crippen molar-refractivity contribution in [3.63, 3.8) is 0 Å². The zero-order valence-electron chi connectivity index (χ0n) is 11.4. The number of anilines is 1. The lowest BCUT2D eigenvalue weighted by Crippen LogP contribution is -2.26. The van der Waals surface area contributed by atoms with E-state index >= 15 is 0 Å². The minimum absolute atomic E-state index is 0.0216. The molecule has 3 rings (SSSR count). The summed E-state index contributed by atoms with van der Waals surface area (Å²) in [6.07, 6.45) is 0.0431. The third-order valence-electron chi connectivity index (χ3n) is 3.13. The quantitative estimate of drug-likeness (QED) is 0.767. The lowest BCUT2D eigenvalue weighted by molar-refractivity contribution is 0.345. The molecule has 2 fully saturated rings. The van der Waals surface area contributed by atoms with E-state index in [9.17, 15) is 9.13 Å². The van der Waals surface area contributed by atoms with Gasteiger partial charge in [0.05, 0.1) is 26.4 Å². The largest absolute Gasteiger partial charge is 0.349 e. The van der Waals surface area contributed by atoms with Crippen LogP contribution >= 0.6 is 15.2 Å². The van der Waals surface area contributed by atoms with Gasteiger partial charge in [-0.2, -0.15) is 0 Å². The van der Waals surface area contributed by atoms with E-state index in [2.05, 4.69) is 0 Å². The van der Waals surface area contributed by atoms with Crippen LogP contribution in [0, 0.1) is 0 Å². The molecule has 21 heavy (non-hydrogen) atoms. The van der Waals surface area contributed by atoms with Gasteiger partial charge in [-0.3, -0.25) is 9.13 Å². The first-order valence-electron chi connectivity index (χ1n) is 6.65. The second-order valence-corrected chi connectivity index (χ2v) is 8.76. The Kier molecular flexibility index (Phi) is 4.50. The number of benzene rings is 1. The van der Waals surface area contributed by atoms with Crippen molar-refractivity contribution >= 4 is 20.9 Å². The van der Waals surface area contributed by atoms with Crippen molar-refractivity contribution in [3.05, 3.63) is 30.3 Å². The van der Waals surface area contributed by atoms with Crippen molar-refractivity contribution in [3.8, 4) is 0 Å². The third-order valence-corrected chi connectivity index (χ3v) is 6.81. The Labute approximate surface area is 123 Å². The lowest BCUT2D eigenvalue weighted by Gasteiger charge is -2.27. The van der Waals surface area contributed by atoms with Crippen LogP contribution in [0.1, 0.15) is 0 Å². The zero-order valence-corrected chi connectivity index (χ0v) is 13.2. The summed E-state index contributed by atoms with van der Waals surface area (Å²) < 4.78 is 45.7. The fourth-order valence-electron chi connectivity index (χ4n) is 2.21. The average Bonchev–Trinajstić information content (AvgIpc) is 3.09. The van der Waals surface area contributed by atoms with Crippen LogP contribution in [-0.2, 0) is 27.2 Å². The molecule has 0 radical (unpaired) electrons. The molecule has 2 saturated heterocycles. The molecule has 2 aliphatic heterocycles. The van der Waals surface area contributed by atoms with Gasteiger partial charge in [-0.25, -0.2) is 0 Å². The van der Waals surface area contributed by atoms with Crippen LogP contribution in [0.3, 0.4) is 0 Å². The standard InChI is InChI=1S/C12H17NO6P2/c14-20(16-6-7-17-20)10-13(12-4-2-1-3-5-12)11-21(15)18-8-9-19-21/h1-5H,6-11H2. The summed E-state index contributed by atoms with van der Waals surface area (Å²) in [5, 5.41) is 0. The molecule has 0 aromatic heterocycles. The smallest absolute Gasteiger partial charge is 0.348 e. The van der Waals surface area contributed by atoms with Crippen LogP contribution in [0.5, 0.6) is 0 Å². The second-order valence-electron chi connectivity index (χ2n) is 4.71. The predicted molar refractivity (Wildman–Crippen MR) is 77.7 cm³/mol. The van der Waals surface area contributed by atoms with Gasteiger partial charge in [-0.1, -0.05) is 18.2 Å². The molecule has 0 bridgehead atoms.